The van der Waals surface area contributed by atoms with Crippen molar-refractivity contribution in [3.63, 3.8) is 0 Å². The number of carbonyl (C=O) groups is 2. The molecule has 0 saturated carbocycles. The average molecular weight is 392 g/mol. The Kier molecular flexibility index (Phi) is 7.54. The SMILES string of the molecule is Cc1cccc(C)c1NC(=O)[C@@H](C)OC(=O)CCSc1ccc(Cl)cc1. The van der Waals surface area contributed by atoms with Crippen LogP contribution in [0, 0.1) is 13.8 Å². The van der Waals surface area contributed by atoms with Gasteiger partial charge in [-0.2, -0.15) is 0 Å². The Hall–Kier alpha value is -1.98. The Morgan fingerprint density at radius 1 is 1.12 bits per heavy atom. The third-order valence-electron chi connectivity index (χ3n) is 3.80. The zero-order valence-corrected chi connectivity index (χ0v) is 16.6. The summed E-state index contributed by atoms with van der Waals surface area (Å²) in [6.07, 6.45) is -0.615. The summed E-state index contributed by atoms with van der Waals surface area (Å²) in [5.74, 6) is -0.150. The molecule has 0 heterocycles. The van der Waals surface area contributed by atoms with Crippen LogP contribution in [-0.2, 0) is 14.3 Å². The van der Waals surface area contributed by atoms with Crippen molar-refractivity contribution in [1.82, 2.24) is 0 Å². The number of ether oxygens (including phenoxy) is 1. The van der Waals surface area contributed by atoms with Gasteiger partial charge in [-0.15, -0.1) is 11.8 Å². The van der Waals surface area contributed by atoms with Crippen LogP contribution < -0.4 is 5.32 Å². The van der Waals surface area contributed by atoms with Gasteiger partial charge in [0, 0.05) is 21.4 Å². The Morgan fingerprint density at radius 2 is 1.73 bits per heavy atom. The number of halogens is 1. The second-order valence-corrected chi connectivity index (χ2v) is 7.55. The molecule has 6 heteroatoms. The first-order valence-corrected chi connectivity index (χ1v) is 9.68. The molecule has 0 aliphatic rings. The van der Waals surface area contributed by atoms with Crippen LogP contribution in [0.4, 0.5) is 5.69 Å². The smallest absolute Gasteiger partial charge is 0.307 e. The summed E-state index contributed by atoms with van der Waals surface area (Å²) >= 11 is 7.38. The van der Waals surface area contributed by atoms with Gasteiger partial charge in [-0.1, -0.05) is 29.8 Å². The Balaban J connectivity index is 1.78. The minimum absolute atomic E-state index is 0.230. The van der Waals surface area contributed by atoms with E-state index in [0.717, 1.165) is 21.7 Å². The van der Waals surface area contributed by atoms with Crippen LogP contribution in [0.25, 0.3) is 0 Å². The number of amides is 1. The van der Waals surface area contributed by atoms with Gasteiger partial charge in [-0.05, 0) is 56.2 Å². The van der Waals surface area contributed by atoms with Gasteiger partial charge in [0.05, 0.1) is 6.42 Å². The van der Waals surface area contributed by atoms with E-state index in [9.17, 15) is 9.59 Å². The summed E-state index contributed by atoms with van der Waals surface area (Å²) in [5, 5.41) is 3.52. The molecule has 1 amide bonds. The number of benzene rings is 2. The molecule has 138 valence electrons. The van der Waals surface area contributed by atoms with Gasteiger partial charge in [-0.3, -0.25) is 9.59 Å². The zero-order valence-electron chi connectivity index (χ0n) is 15.0. The van der Waals surface area contributed by atoms with Gasteiger partial charge in [0.15, 0.2) is 6.10 Å². The van der Waals surface area contributed by atoms with E-state index in [0.29, 0.717) is 10.8 Å². The first-order valence-electron chi connectivity index (χ1n) is 8.31. The highest BCUT2D eigenvalue weighted by Gasteiger charge is 2.19. The highest BCUT2D eigenvalue weighted by atomic mass is 35.5. The lowest BCUT2D eigenvalue weighted by Gasteiger charge is -2.16. The van der Waals surface area contributed by atoms with Crippen LogP contribution in [-0.4, -0.2) is 23.7 Å². The molecule has 0 radical (unpaired) electrons. The maximum absolute atomic E-state index is 12.3. The van der Waals surface area contributed by atoms with Gasteiger partial charge in [0.1, 0.15) is 0 Å². The van der Waals surface area contributed by atoms with Gasteiger partial charge in [0.2, 0.25) is 0 Å². The largest absolute Gasteiger partial charge is 0.453 e. The van der Waals surface area contributed by atoms with Crippen LogP contribution in [0.2, 0.25) is 5.02 Å². The van der Waals surface area contributed by atoms with Crippen molar-refractivity contribution in [3.05, 3.63) is 58.6 Å². The molecule has 0 unspecified atom stereocenters. The first kappa shape index (κ1) is 20.3. The maximum atomic E-state index is 12.3. The summed E-state index contributed by atoms with van der Waals surface area (Å²) in [7, 11) is 0. The standard InChI is InChI=1S/C20H22ClNO3S/c1-13-5-4-6-14(2)19(13)22-20(24)15(3)25-18(23)11-12-26-17-9-7-16(21)8-10-17/h4-10,15H,11-12H2,1-3H3,(H,22,24)/t15-/m1/s1. The van der Waals surface area contributed by atoms with E-state index >= 15 is 0 Å². The summed E-state index contributed by atoms with van der Waals surface area (Å²) < 4.78 is 5.24. The maximum Gasteiger partial charge on any atom is 0.307 e. The molecule has 0 aliphatic carbocycles. The van der Waals surface area contributed by atoms with Crippen molar-refractivity contribution in [1.29, 1.82) is 0 Å². The van der Waals surface area contributed by atoms with Crippen molar-refractivity contribution >= 4 is 40.9 Å². The van der Waals surface area contributed by atoms with Crippen molar-refractivity contribution < 1.29 is 14.3 Å². The van der Waals surface area contributed by atoms with Crippen molar-refractivity contribution in [2.75, 3.05) is 11.1 Å². The van der Waals surface area contributed by atoms with Crippen molar-refractivity contribution in [3.8, 4) is 0 Å². The number of anilines is 1. The second-order valence-electron chi connectivity index (χ2n) is 5.94. The number of carbonyl (C=O) groups excluding carboxylic acids is 2. The number of aryl methyl sites for hydroxylation is 2. The molecule has 4 nitrogen and oxygen atoms in total. The van der Waals surface area contributed by atoms with Gasteiger partial charge >= 0.3 is 5.97 Å². The van der Waals surface area contributed by atoms with E-state index in [4.69, 9.17) is 16.3 Å². The van der Waals surface area contributed by atoms with Crippen molar-refractivity contribution in [2.45, 2.75) is 38.2 Å². The minimum atomic E-state index is -0.845. The summed E-state index contributed by atoms with van der Waals surface area (Å²) in [4.78, 5) is 25.3. The fraction of sp³-hybridized carbons (Fsp3) is 0.300. The Labute approximate surface area is 163 Å². The molecule has 2 aromatic carbocycles. The number of hydrogen-bond donors (Lipinski definition) is 1. The summed E-state index contributed by atoms with van der Waals surface area (Å²) in [6, 6.07) is 13.2. The normalized spacial score (nSPS) is 11.7. The molecule has 0 bridgehead atoms. The molecule has 1 N–H and O–H groups in total. The number of para-hydroxylation sites is 1. The Morgan fingerprint density at radius 3 is 2.35 bits per heavy atom. The highest BCUT2D eigenvalue weighted by Crippen LogP contribution is 2.22. The van der Waals surface area contributed by atoms with Gasteiger partial charge in [0.25, 0.3) is 5.91 Å². The van der Waals surface area contributed by atoms with Crippen LogP contribution in [0.1, 0.15) is 24.5 Å². The first-order chi connectivity index (χ1) is 12.4. The van der Waals surface area contributed by atoms with Crippen LogP contribution in [0.15, 0.2) is 47.4 Å². The molecule has 0 aliphatic heterocycles. The third-order valence-corrected chi connectivity index (χ3v) is 5.06. The lowest BCUT2D eigenvalue weighted by Crippen LogP contribution is -2.30. The quantitative estimate of drug-likeness (QED) is 0.532. The fourth-order valence-electron chi connectivity index (χ4n) is 2.33. The van der Waals surface area contributed by atoms with E-state index in [1.165, 1.54) is 11.8 Å². The number of thioether (sulfide) groups is 1. The summed E-state index contributed by atoms with van der Waals surface area (Å²) in [6.45, 7) is 5.42. The topological polar surface area (TPSA) is 55.4 Å². The van der Waals surface area contributed by atoms with E-state index in [-0.39, 0.29) is 12.3 Å². The summed E-state index contributed by atoms with van der Waals surface area (Å²) in [5.41, 5.74) is 2.70. The van der Waals surface area contributed by atoms with Crippen molar-refractivity contribution in [2.24, 2.45) is 0 Å². The molecule has 0 spiro atoms. The number of rotatable bonds is 7. The van der Waals surface area contributed by atoms with Crippen LogP contribution >= 0.6 is 23.4 Å². The fourth-order valence-corrected chi connectivity index (χ4v) is 3.29. The number of hydrogen-bond acceptors (Lipinski definition) is 4. The van der Waals surface area contributed by atoms with Gasteiger partial charge < -0.3 is 10.1 Å². The molecule has 1 atom stereocenters. The lowest BCUT2D eigenvalue weighted by atomic mass is 10.1. The van der Waals surface area contributed by atoms with E-state index < -0.39 is 12.1 Å². The van der Waals surface area contributed by atoms with E-state index in [1.54, 1.807) is 6.92 Å². The minimum Gasteiger partial charge on any atom is -0.453 e. The molecule has 0 aromatic heterocycles. The number of nitrogens with one attached hydrogen (secondary N) is 1. The molecule has 2 aromatic rings. The lowest BCUT2D eigenvalue weighted by molar-refractivity contribution is -0.152. The Bertz CT molecular complexity index is 757. The van der Waals surface area contributed by atoms with E-state index in [2.05, 4.69) is 5.32 Å². The monoisotopic (exact) mass is 391 g/mol. The molecular formula is C20H22ClNO3S. The third kappa shape index (κ3) is 6.07. The van der Waals surface area contributed by atoms with E-state index in [1.807, 2.05) is 56.3 Å². The zero-order chi connectivity index (χ0) is 19.1. The molecular weight excluding hydrogens is 370 g/mol. The predicted molar refractivity (Wildman–Crippen MR) is 107 cm³/mol. The number of esters is 1. The molecule has 2 rings (SSSR count). The average Bonchev–Trinajstić information content (AvgIpc) is 2.59. The molecule has 26 heavy (non-hydrogen) atoms. The second kappa shape index (κ2) is 9.64. The van der Waals surface area contributed by atoms with Gasteiger partial charge in [-0.25, -0.2) is 0 Å². The molecule has 0 fully saturated rings. The van der Waals surface area contributed by atoms with Crippen LogP contribution in [0.5, 0.6) is 0 Å². The predicted octanol–water partition coefficient (Wildman–Crippen LogP) is 5.01. The molecule has 0 saturated heterocycles. The van der Waals surface area contributed by atoms with Crippen LogP contribution in [0.3, 0.4) is 0 Å². The highest BCUT2D eigenvalue weighted by molar-refractivity contribution is 7.99.